The number of nitrogen functional groups attached to an aromatic ring is 1. The van der Waals surface area contributed by atoms with E-state index in [1.165, 1.54) is 6.26 Å². The minimum atomic E-state index is -3.13. The van der Waals surface area contributed by atoms with Crippen molar-refractivity contribution in [3.05, 3.63) is 42.1 Å². The summed E-state index contributed by atoms with van der Waals surface area (Å²) < 4.78 is 24.2. The number of nitrogens with two attached hydrogens (primary N) is 1. The Morgan fingerprint density at radius 1 is 1.24 bits per heavy atom. The summed E-state index contributed by atoms with van der Waals surface area (Å²) in [5.74, 6) is 0.470. The highest BCUT2D eigenvalue weighted by atomic mass is 32.2. The molecule has 0 fully saturated rings. The third kappa shape index (κ3) is 2.85. The Morgan fingerprint density at radius 3 is 2.35 bits per heavy atom. The van der Waals surface area contributed by atoms with E-state index in [4.69, 9.17) is 5.73 Å². The summed E-state index contributed by atoms with van der Waals surface area (Å²) in [6, 6.07) is 8.45. The fourth-order valence-electron chi connectivity index (χ4n) is 1.49. The van der Waals surface area contributed by atoms with Gasteiger partial charge >= 0.3 is 0 Å². The lowest BCUT2D eigenvalue weighted by atomic mass is 10.2. The summed E-state index contributed by atoms with van der Waals surface area (Å²) in [4.78, 5) is 0.321. The van der Waals surface area contributed by atoms with Gasteiger partial charge in [-0.25, -0.2) is 8.42 Å². The number of hydrogen-bond donors (Lipinski definition) is 1. The molecule has 0 saturated carbocycles. The van der Waals surface area contributed by atoms with Gasteiger partial charge in [-0.3, -0.25) is 4.68 Å². The van der Waals surface area contributed by atoms with Gasteiger partial charge in [-0.2, -0.15) is 5.10 Å². The molecule has 0 aliphatic rings. The van der Waals surface area contributed by atoms with Crippen molar-refractivity contribution in [1.82, 2.24) is 9.78 Å². The first kappa shape index (κ1) is 11.7. The quantitative estimate of drug-likeness (QED) is 0.879. The first-order valence-corrected chi connectivity index (χ1v) is 6.92. The summed E-state index contributed by atoms with van der Waals surface area (Å²) in [5, 5.41) is 4.05. The van der Waals surface area contributed by atoms with Crippen LogP contribution in [0.25, 0.3) is 0 Å². The van der Waals surface area contributed by atoms with Gasteiger partial charge in [0, 0.05) is 12.5 Å². The Hall–Kier alpha value is -1.82. The molecule has 90 valence electrons. The smallest absolute Gasteiger partial charge is 0.175 e. The Labute approximate surface area is 99.8 Å². The van der Waals surface area contributed by atoms with E-state index in [-0.39, 0.29) is 0 Å². The molecule has 0 unspecified atom stereocenters. The standard InChI is InChI=1S/C11H13N3O2S/c1-17(15,16)10-4-2-9(3-5-10)8-14-7-6-11(12)13-14/h2-7H,8H2,1H3,(H2,12,13). The van der Waals surface area contributed by atoms with E-state index in [0.29, 0.717) is 17.3 Å². The van der Waals surface area contributed by atoms with Gasteiger partial charge in [-0.1, -0.05) is 12.1 Å². The number of hydrogen-bond acceptors (Lipinski definition) is 4. The first-order chi connectivity index (χ1) is 7.95. The lowest BCUT2D eigenvalue weighted by Crippen LogP contribution is -2.02. The second kappa shape index (κ2) is 4.21. The van der Waals surface area contributed by atoms with Gasteiger partial charge < -0.3 is 5.73 Å². The van der Waals surface area contributed by atoms with Gasteiger partial charge in [0.1, 0.15) is 5.82 Å². The van der Waals surface area contributed by atoms with Crippen LogP contribution in [0, 0.1) is 0 Å². The summed E-state index contributed by atoms with van der Waals surface area (Å²) in [6.45, 7) is 0.571. The van der Waals surface area contributed by atoms with Crippen LogP contribution in [0.4, 0.5) is 5.82 Å². The van der Waals surface area contributed by atoms with Crippen molar-refractivity contribution in [2.24, 2.45) is 0 Å². The SMILES string of the molecule is CS(=O)(=O)c1ccc(Cn2ccc(N)n2)cc1. The van der Waals surface area contributed by atoms with Crippen molar-refractivity contribution in [2.75, 3.05) is 12.0 Å². The van der Waals surface area contributed by atoms with Crippen LogP contribution in [0.15, 0.2) is 41.4 Å². The van der Waals surface area contributed by atoms with Crippen LogP contribution in [0.2, 0.25) is 0 Å². The molecule has 5 nitrogen and oxygen atoms in total. The summed E-state index contributed by atoms with van der Waals surface area (Å²) in [6.07, 6.45) is 2.97. The molecule has 0 amide bonds. The molecule has 0 atom stereocenters. The highest BCUT2D eigenvalue weighted by Crippen LogP contribution is 2.11. The molecule has 1 aromatic carbocycles. The monoisotopic (exact) mass is 251 g/mol. The van der Waals surface area contributed by atoms with Crippen molar-refractivity contribution in [3.63, 3.8) is 0 Å². The number of nitrogens with zero attached hydrogens (tertiary/aromatic N) is 2. The Kier molecular flexibility index (Phi) is 2.89. The number of benzene rings is 1. The molecule has 0 saturated heterocycles. The zero-order valence-corrected chi connectivity index (χ0v) is 10.2. The molecule has 2 aromatic rings. The molecule has 1 aromatic heterocycles. The van der Waals surface area contributed by atoms with Crippen molar-refractivity contribution in [1.29, 1.82) is 0 Å². The zero-order valence-electron chi connectivity index (χ0n) is 9.37. The third-order valence-electron chi connectivity index (χ3n) is 2.36. The van der Waals surface area contributed by atoms with E-state index in [1.54, 1.807) is 41.2 Å². The van der Waals surface area contributed by atoms with Gasteiger partial charge in [0.15, 0.2) is 9.84 Å². The van der Waals surface area contributed by atoms with E-state index in [9.17, 15) is 8.42 Å². The number of rotatable bonds is 3. The van der Waals surface area contributed by atoms with Gasteiger partial charge in [0.05, 0.1) is 11.4 Å². The van der Waals surface area contributed by atoms with Gasteiger partial charge in [0.2, 0.25) is 0 Å². The molecule has 0 radical (unpaired) electrons. The fourth-order valence-corrected chi connectivity index (χ4v) is 2.13. The van der Waals surface area contributed by atoms with E-state index in [2.05, 4.69) is 5.10 Å². The first-order valence-electron chi connectivity index (χ1n) is 5.03. The van der Waals surface area contributed by atoms with Gasteiger partial charge in [-0.05, 0) is 23.8 Å². The van der Waals surface area contributed by atoms with Crippen LogP contribution in [0.3, 0.4) is 0 Å². The summed E-state index contributed by atoms with van der Waals surface area (Å²) >= 11 is 0. The molecule has 1 heterocycles. The fraction of sp³-hybridized carbons (Fsp3) is 0.182. The summed E-state index contributed by atoms with van der Waals surface area (Å²) in [5.41, 5.74) is 6.47. The molecular formula is C11H13N3O2S. The van der Waals surface area contributed by atoms with Crippen molar-refractivity contribution >= 4 is 15.7 Å². The molecule has 0 aliphatic heterocycles. The molecule has 2 rings (SSSR count). The van der Waals surface area contributed by atoms with Crippen molar-refractivity contribution < 1.29 is 8.42 Å². The number of sulfone groups is 1. The molecule has 6 heteroatoms. The highest BCUT2D eigenvalue weighted by molar-refractivity contribution is 7.90. The van der Waals surface area contributed by atoms with E-state index in [0.717, 1.165) is 5.56 Å². The Bertz CT molecular complexity index is 614. The minimum absolute atomic E-state index is 0.321. The van der Waals surface area contributed by atoms with Gasteiger partial charge in [0.25, 0.3) is 0 Å². The van der Waals surface area contributed by atoms with Crippen LogP contribution in [-0.4, -0.2) is 24.5 Å². The van der Waals surface area contributed by atoms with E-state index < -0.39 is 9.84 Å². The second-order valence-electron chi connectivity index (χ2n) is 3.85. The maximum atomic E-state index is 11.3. The van der Waals surface area contributed by atoms with Crippen molar-refractivity contribution in [3.8, 4) is 0 Å². The summed E-state index contributed by atoms with van der Waals surface area (Å²) in [7, 11) is -3.13. The van der Waals surface area contributed by atoms with Gasteiger partial charge in [-0.15, -0.1) is 0 Å². The number of aromatic nitrogens is 2. The average molecular weight is 251 g/mol. The normalized spacial score (nSPS) is 11.6. The Morgan fingerprint density at radius 2 is 1.88 bits per heavy atom. The minimum Gasteiger partial charge on any atom is -0.382 e. The maximum absolute atomic E-state index is 11.3. The van der Waals surface area contributed by atoms with Crippen LogP contribution in [-0.2, 0) is 16.4 Å². The van der Waals surface area contributed by atoms with E-state index >= 15 is 0 Å². The lowest BCUT2D eigenvalue weighted by Gasteiger charge is -2.03. The van der Waals surface area contributed by atoms with Crippen molar-refractivity contribution in [2.45, 2.75) is 11.4 Å². The molecule has 0 spiro atoms. The van der Waals surface area contributed by atoms with Crippen LogP contribution in [0.1, 0.15) is 5.56 Å². The molecule has 0 aliphatic carbocycles. The maximum Gasteiger partial charge on any atom is 0.175 e. The predicted molar refractivity (Wildman–Crippen MR) is 65.3 cm³/mol. The Balaban J connectivity index is 2.19. The largest absolute Gasteiger partial charge is 0.382 e. The highest BCUT2D eigenvalue weighted by Gasteiger charge is 2.06. The van der Waals surface area contributed by atoms with Crippen LogP contribution in [0.5, 0.6) is 0 Å². The average Bonchev–Trinajstić information content (AvgIpc) is 2.63. The molecule has 17 heavy (non-hydrogen) atoms. The molecule has 2 N–H and O–H groups in total. The second-order valence-corrected chi connectivity index (χ2v) is 5.87. The topological polar surface area (TPSA) is 78.0 Å². The van der Waals surface area contributed by atoms with E-state index in [1.807, 2.05) is 0 Å². The predicted octanol–water partition coefficient (Wildman–Crippen LogP) is 0.917. The van der Waals surface area contributed by atoms with Crippen LogP contribution < -0.4 is 5.73 Å². The molecule has 0 bridgehead atoms. The molecular weight excluding hydrogens is 238 g/mol. The zero-order chi connectivity index (χ0) is 12.5. The lowest BCUT2D eigenvalue weighted by molar-refractivity contribution is 0.602. The third-order valence-corrected chi connectivity index (χ3v) is 3.49. The number of anilines is 1. The van der Waals surface area contributed by atoms with Crippen LogP contribution >= 0.6 is 0 Å².